The van der Waals surface area contributed by atoms with E-state index in [0.717, 1.165) is 10.0 Å². The number of hydrogen-bond donors (Lipinski definition) is 2. The van der Waals surface area contributed by atoms with E-state index in [1.165, 1.54) is 7.11 Å². The summed E-state index contributed by atoms with van der Waals surface area (Å²) in [7, 11) is 1.34. The highest BCUT2D eigenvalue weighted by Gasteiger charge is 2.12. The fraction of sp³-hybridized carbons (Fsp3) is 0.364. The number of aromatic hydroxyl groups is 1. The van der Waals surface area contributed by atoms with Crippen molar-refractivity contribution < 1.29 is 14.6 Å². The highest BCUT2D eigenvalue weighted by Crippen LogP contribution is 2.21. The van der Waals surface area contributed by atoms with Gasteiger partial charge in [-0.15, -0.1) is 0 Å². The van der Waals surface area contributed by atoms with Gasteiger partial charge in [0.25, 0.3) is 0 Å². The van der Waals surface area contributed by atoms with E-state index >= 15 is 0 Å². The van der Waals surface area contributed by atoms with Gasteiger partial charge in [0.05, 0.1) is 7.11 Å². The third kappa shape index (κ3) is 3.50. The molecular weight excluding hydrogens is 274 g/mol. The van der Waals surface area contributed by atoms with Crippen LogP contribution in [0.1, 0.15) is 12.5 Å². The van der Waals surface area contributed by atoms with Crippen LogP contribution in [0.25, 0.3) is 0 Å². The largest absolute Gasteiger partial charge is 0.508 e. The first-order valence-corrected chi connectivity index (χ1v) is 5.62. The molecule has 0 amide bonds. The second-order valence-electron chi connectivity index (χ2n) is 3.40. The summed E-state index contributed by atoms with van der Waals surface area (Å²) in [6.07, 6.45) is 0. The molecule has 0 aromatic heterocycles. The zero-order chi connectivity index (χ0) is 12.1. The summed E-state index contributed by atoms with van der Waals surface area (Å²) in [4.78, 5) is 11.1. The second kappa shape index (κ2) is 5.86. The lowest BCUT2D eigenvalue weighted by molar-refractivity contribution is -0.142. The van der Waals surface area contributed by atoms with Gasteiger partial charge in [0.15, 0.2) is 0 Å². The van der Waals surface area contributed by atoms with Gasteiger partial charge < -0.3 is 15.2 Å². The molecule has 0 bridgehead atoms. The first kappa shape index (κ1) is 13.0. The maximum Gasteiger partial charge on any atom is 0.322 e. The number of esters is 1. The zero-order valence-electron chi connectivity index (χ0n) is 9.16. The van der Waals surface area contributed by atoms with Gasteiger partial charge in [0.1, 0.15) is 11.8 Å². The second-order valence-corrected chi connectivity index (χ2v) is 4.31. The van der Waals surface area contributed by atoms with Gasteiger partial charge in [-0.05, 0) is 25.1 Å². The predicted molar refractivity (Wildman–Crippen MR) is 64.1 cm³/mol. The highest BCUT2D eigenvalue weighted by atomic mass is 79.9. The predicted octanol–water partition coefficient (Wildman–Crippen LogP) is 1.81. The van der Waals surface area contributed by atoms with Crippen LogP contribution >= 0.6 is 15.9 Å². The highest BCUT2D eigenvalue weighted by molar-refractivity contribution is 9.10. The summed E-state index contributed by atoms with van der Waals surface area (Å²) < 4.78 is 5.46. The lowest BCUT2D eigenvalue weighted by Gasteiger charge is -2.12. The number of ether oxygens (including phenoxy) is 1. The van der Waals surface area contributed by atoms with Crippen molar-refractivity contribution in [1.29, 1.82) is 0 Å². The summed E-state index contributed by atoms with van der Waals surface area (Å²) in [6, 6.07) is 4.75. The van der Waals surface area contributed by atoms with Gasteiger partial charge in [-0.2, -0.15) is 0 Å². The van der Waals surface area contributed by atoms with E-state index in [-0.39, 0.29) is 11.7 Å². The number of carbonyl (C=O) groups is 1. The van der Waals surface area contributed by atoms with Crippen molar-refractivity contribution >= 4 is 21.9 Å². The number of halogens is 1. The van der Waals surface area contributed by atoms with Crippen molar-refractivity contribution in [2.75, 3.05) is 7.11 Å². The molecule has 1 unspecified atom stereocenters. The van der Waals surface area contributed by atoms with E-state index in [2.05, 4.69) is 26.0 Å². The third-order valence-electron chi connectivity index (χ3n) is 2.19. The number of nitrogens with one attached hydrogen (secondary N) is 1. The first-order valence-electron chi connectivity index (χ1n) is 4.83. The summed E-state index contributed by atoms with van der Waals surface area (Å²) in [5.41, 5.74) is 0.727. The van der Waals surface area contributed by atoms with Crippen molar-refractivity contribution in [2.24, 2.45) is 0 Å². The number of hydrogen-bond acceptors (Lipinski definition) is 4. The Morgan fingerprint density at radius 2 is 2.31 bits per heavy atom. The Labute approximate surface area is 103 Å². The lowest BCUT2D eigenvalue weighted by Crippen LogP contribution is -2.34. The number of rotatable bonds is 4. The van der Waals surface area contributed by atoms with Crippen molar-refractivity contribution in [3.05, 3.63) is 28.2 Å². The van der Waals surface area contributed by atoms with Crippen LogP contribution in [0.3, 0.4) is 0 Å². The number of phenols is 1. The fourth-order valence-corrected chi connectivity index (χ4v) is 1.63. The Hall–Kier alpha value is -1.07. The van der Waals surface area contributed by atoms with Crippen LogP contribution in [-0.2, 0) is 16.1 Å². The molecule has 16 heavy (non-hydrogen) atoms. The standard InChI is InChI=1S/C11H14BrNO3/c1-7(11(15)16-2)13-6-8-5-9(12)3-4-10(8)14/h3-5,7,13-14H,6H2,1-2H3. The Balaban J connectivity index is 2.60. The molecule has 0 saturated heterocycles. The molecule has 0 spiro atoms. The Morgan fingerprint density at radius 3 is 2.94 bits per heavy atom. The molecule has 4 nitrogen and oxygen atoms in total. The van der Waals surface area contributed by atoms with E-state index in [4.69, 9.17) is 0 Å². The molecule has 0 saturated carbocycles. The number of benzene rings is 1. The molecule has 1 aromatic rings. The van der Waals surface area contributed by atoms with Crippen LogP contribution in [0.15, 0.2) is 22.7 Å². The molecule has 0 aliphatic heterocycles. The molecule has 1 aromatic carbocycles. The van der Waals surface area contributed by atoms with Crippen LogP contribution in [0, 0.1) is 0 Å². The average Bonchev–Trinajstić information content (AvgIpc) is 2.28. The first-order chi connectivity index (χ1) is 7.54. The Morgan fingerprint density at radius 1 is 1.62 bits per heavy atom. The summed E-state index contributed by atoms with van der Waals surface area (Å²) in [5.74, 6) is -0.123. The van der Waals surface area contributed by atoms with Crippen LogP contribution in [-0.4, -0.2) is 24.2 Å². The molecule has 0 fully saturated rings. The zero-order valence-corrected chi connectivity index (χ0v) is 10.7. The minimum absolute atomic E-state index is 0.202. The van der Waals surface area contributed by atoms with E-state index in [9.17, 15) is 9.90 Å². The SMILES string of the molecule is COC(=O)C(C)NCc1cc(Br)ccc1O. The van der Waals surface area contributed by atoms with Crippen molar-refractivity contribution in [3.63, 3.8) is 0 Å². The monoisotopic (exact) mass is 287 g/mol. The van der Waals surface area contributed by atoms with Gasteiger partial charge in [0.2, 0.25) is 0 Å². The quantitative estimate of drug-likeness (QED) is 0.830. The maximum atomic E-state index is 11.1. The molecule has 2 N–H and O–H groups in total. The summed E-state index contributed by atoms with van der Waals surface area (Å²) >= 11 is 3.32. The van der Waals surface area contributed by atoms with Crippen LogP contribution < -0.4 is 5.32 Å². The van der Waals surface area contributed by atoms with Crippen LogP contribution in [0.2, 0.25) is 0 Å². The summed E-state index contributed by atoms with van der Waals surface area (Å²) in [5, 5.41) is 12.5. The number of phenolic OH excluding ortho intramolecular Hbond substituents is 1. The number of carbonyl (C=O) groups excluding carboxylic acids is 1. The molecule has 88 valence electrons. The fourth-order valence-electron chi connectivity index (χ4n) is 1.22. The maximum absolute atomic E-state index is 11.1. The van der Waals surface area contributed by atoms with E-state index in [1.807, 2.05) is 0 Å². The van der Waals surface area contributed by atoms with Crippen LogP contribution in [0.5, 0.6) is 5.75 Å². The molecule has 0 aliphatic rings. The Bertz CT molecular complexity index is 381. The van der Waals surface area contributed by atoms with Gasteiger partial charge in [-0.3, -0.25) is 4.79 Å². The van der Waals surface area contributed by atoms with Gasteiger partial charge in [-0.25, -0.2) is 0 Å². The van der Waals surface area contributed by atoms with Gasteiger partial charge >= 0.3 is 5.97 Å². The van der Waals surface area contributed by atoms with Gasteiger partial charge in [0, 0.05) is 16.6 Å². The lowest BCUT2D eigenvalue weighted by atomic mass is 10.2. The third-order valence-corrected chi connectivity index (χ3v) is 2.69. The molecule has 0 aliphatic carbocycles. The molecule has 0 heterocycles. The molecular formula is C11H14BrNO3. The summed E-state index contributed by atoms with van der Waals surface area (Å²) in [6.45, 7) is 2.11. The average molecular weight is 288 g/mol. The topological polar surface area (TPSA) is 58.6 Å². The van der Waals surface area contributed by atoms with Crippen molar-refractivity contribution in [2.45, 2.75) is 19.5 Å². The van der Waals surface area contributed by atoms with E-state index in [0.29, 0.717) is 6.54 Å². The van der Waals surface area contributed by atoms with Gasteiger partial charge in [-0.1, -0.05) is 15.9 Å². The Kier molecular flexibility index (Phi) is 4.76. The molecule has 1 atom stereocenters. The van der Waals surface area contributed by atoms with Crippen molar-refractivity contribution in [3.8, 4) is 5.75 Å². The molecule has 5 heteroatoms. The molecule has 1 rings (SSSR count). The van der Waals surface area contributed by atoms with Crippen molar-refractivity contribution in [1.82, 2.24) is 5.32 Å². The minimum Gasteiger partial charge on any atom is -0.508 e. The van der Waals surface area contributed by atoms with Crippen LogP contribution in [0.4, 0.5) is 0 Å². The minimum atomic E-state index is -0.400. The van der Waals surface area contributed by atoms with E-state index in [1.54, 1.807) is 25.1 Å². The smallest absolute Gasteiger partial charge is 0.322 e. The number of methoxy groups -OCH3 is 1. The van der Waals surface area contributed by atoms with E-state index < -0.39 is 6.04 Å². The molecule has 0 radical (unpaired) electrons. The normalized spacial score (nSPS) is 12.2.